The van der Waals surface area contributed by atoms with Gasteiger partial charge >= 0.3 is 0 Å². The molecule has 0 bridgehead atoms. The third-order valence-electron chi connectivity index (χ3n) is 3.40. The van der Waals surface area contributed by atoms with Crippen molar-refractivity contribution in [1.82, 2.24) is 10.2 Å². The zero-order valence-corrected chi connectivity index (χ0v) is 11.8. The molecule has 1 fully saturated rings. The Balaban J connectivity index is 2.11. The van der Waals surface area contributed by atoms with E-state index in [1.807, 2.05) is 0 Å². The van der Waals surface area contributed by atoms with E-state index in [1.54, 1.807) is 0 Å². The summed E-state index contributed by atoms with van der Waals surface area (Å²) in [5, 5.41) is 3.56. The first-order chi connectivity index (χ1) is 7.44. The van der Waals surface area contributed by atoms with E-state index >= 15 is 0 Å². The van der Waals surface area contributed by atoms with Crippen LogP contribution < -0.4 is 5.32 Å². The molecule has 2 heteroatoms. The van der Waals surface area contributed by atoms with Crippen molar-refractivity contribution in [3.63, 3.8) is 0 Å². The van der Waals surface area contributed by atoms with Crippen molar-refractivity contribution in [1.29, 1.82) is 0 Å². The topological polar surface area (TPSA) is 15.3 Å². The highest BCUT2D eigenvalue weighted by Crippen LogP contribution is 2.29. The van der Waals surface area contributed by atoms with Crippen LogP contribution in [0.1, 0.15) is 60.3 Å². The van der Waals surface area contributed by atoms with Crippen LogP contribution in [0.2, 0.25) is 0 Å². The lowest BCUT2D eigenvalue weighted by atomic mass is 10.1. The van der Waals surface area contributed by atoms with E-state index in [-0.39, 0.29) is 5.54 Å². The number of nitrogens with zero attached hydrogens (tertiary/aromatic N) is 1. The zero-order chi connectivity index (χ0) is 12.2. The first-order valence-corrected chi connectivity index (χ1v) is 6.95. The second kappa shape index (κ2) is 6.02. The second-order valence-electron chi connectivity index (χ2n) is 6.23. The van der Waals surface area contributed by atoms with Crippen molar-refractivity contribution in [2.45, 2.75) is 77.9 Å². The van der Waals surface area contributed by atoms with Crippen LogP contribution in [0.5, 0.6) is 0 Å². The Bertz CT molecular complexity index is 191. The predicted molar refractivity (Wildman–Crippen MR) is 71.9 cm³/mol. The van der Waals surface area contributed by atoms with Crippen LogP contribution in [0.4, 0.5) is 0 Å². The van der Waals surface area contributed by atoms with Crippen LogP contribution in [0.3, 0.4) is 0 Å². The van der Waals surface area contributed by atoms with Crippen molar-refractivity contribution >= 4 is 0 Å². The van der Waals surface area contributed by atoms with Crippen LogP contribution in [0, 0.1) is 0 Å². The minimum absolute atomic E-state index is 0.268. The maximum absolute atomic E-state index is 3.56. The molecule has 1 aliphatic carbocycles. The van der Waals surface area contributed by atoms with Crippen LogP contribution in [-0.4, -0.2) is 35.6 Å². The number of hydrogen-bond acceptors (Lipinski definition) is 2. The normalized spacial score (nSPS) is 19.1. The summed E-state index contributed by atoms with van der Waals surface area (Å²) in [5.41, 5.74) is 0.268. The van der Waals surface area contributed by atoms with Crippen LogP contribution in [0.25, 0.3) is 0 Å². The van der Waals surface area contributed by atoms with Crippen molar-refractivity contribution in [2.75, 3.05) is 13.1 Å². The van der Waals surface area contributed by atoms with E-state index in [0.717, 1.165) is 18.6 Å². The molecule has 0 amide bonds. The largest absolute Gasteiger partial charge is 0.312 e. The van der Waals surface area contributed by atoms with E-state index in [9.17, 15) is 0 Å². The Labute approximate surface area is 102 Å². The Kier molecular flexibility index (Phi) is 5.26. The molecule has 0 saturated heterocycles. The van der Waals surface area contributed by atoms with E-state index in [2.05, 4.69) is 44.8 Å². The van der Waals surface area contributed by atoms with Gasteiger partial charge in [-0.25, -0.2) is 0 Å². The van der Waals surface area contributed by atoms with E-state index in [4.69, 9.17) is 0 Å². The van der Waals surface area contributed by atoms with Crippen molar-refractivity contribution in [3.8, 4) is 0 Å². The molecule has 0 aromatic carbocycles. The fraction of sp³-hybridized carbons (Fsp3) is 1.00. The molecule has 16 heavy (non-hydrogen) atoms. The molecule has 0 aliphatic heterocycles. The van der Waals surface area contributed by atoms with Crippen molar-refractivity contribution in [2.24, 2.45) is 0 Å². The van der Waals surface area contributed by atoms with Gasteiger partial charge in [-0.1, -0.05) is 6.92 Å². The summed E-state index contributed by atoms with van der Waals surface area (Å²) in [6.45, 7) is 13.8. The average molecular weight is 226 g/mol. The van der Waals surface area contributed by atoms with Gasteiger partial charge in [-0.2, -0.15) is 0 Å². The Morgan fingerprint density at radius 2 is 1.94 bits per heavy atom. The molecule has 1 aliphatic rings. The summed E-state index contributed by atoms with van der Waals surface area (Å²) in [7, 11) is 0. The third kappa shape index (κ3) is 5.31. The Morgan fingerprint density at radius 3 is 2.38 bits per heavy atom. The lowest BCUT2D eigenvalue weighted by molar-refractivity contribution is 0.196. The van der Waals surface area contributed by atoms with Gasteiger partial charge < -0.3 is 5.32 Å². The highest BCUT2D eigenvalue weighted by molar-refractivity contribution is 4.86. The van der Waals surface area contributed by atoms with Gasteiger partial charge in [0.2, 0.25) is 0 Å². The zero-order valence-electron chi connectivity index (χ0n) is 11.8. The number of hydrogen-bond donors (Lipinski definition) is 1. The molecule has 0 aromatic rings. The SMILES string of the molecule is CCN(C(C)CCCNC(C)(C)C)C1CC1. The van der Waals surface area contributed by atoms with Crippen molar-refractivity contribution < 1.29 is 0 Å². The summed E-state index contributed by atoms with van der Waals surface area (Å²) in [6.07, 6.45) is 5.48. The van der Waals surface area contributed by atoms with Crippen LogP contribution in [0.15, 0.2) is 0 Å². The van der Waals surface area contributed by atoms with Gasteiger partial charge in [-0.3, -0.25) is 4.90 Å². The highest BCUT2D eigenvalue weighted by Gasteiger charge is 2.30. The molecule has 1 N–H and O–H groups in total. The smallest absolute Gasteiger partial charge is 0.00991 e. The lowest BCUT2D eigenvalue weighted by Gasteiger charge is -2.28. The van der Waals surface area contributed by atoms with Gasteiger partial charge in [0.25, 0.3) is 0 Å². The average Bonchev–Trinajstić information content (AvgIpc) is 2.96. The molecule has 0 heterocycles. The molecular formula is C14H30N2. The van der Waals surface area contributed by atoms with Gasteiger partial charge in [-0.15, -0.1) is 0 Å². The predicted octanol–water partition coefficient (Wildman–Crippen LogP) is 3.03. The van der Waals surface area contributed by atoms with Gasteiger partial charge in [0.1, 0.15) is 0 Å². The first kappa shape index (κ1) is 14.0. The molecule has 2 nitrogen and oxygen atoms in total. The van der Waals surface area contributed by atoms with E-state index in [0.29, 0.717) is 0 Å². The van der Waals surface area contributed by atoms with E-state index in [1.165, 1.54) is 32.2 Å². The number of rotatable bonds is 7. The molecule has 96 valence electrons. The molecule has 1 saturated carbocycles. The highest BCUT2D eigenvalue weighted by atomic mass is 15.2. The first-order valence-electron chi connectivity index (χ1n) is 6.95. The summed E-state index contributed by atoms with van der Waals surface area (Å²) in [5.74, 6) is 0. The second-order valence-corrected chi connectivity index (χ2v) is 6.23. The lowest BCUT2D eigenvalue weighted by Crippen LogP contribution is -2.38. The third-order valence-corrected chi connectivity index (χ3v) is 3.40. The maximum Gasteiger partial charge on any atom is 0.00991 e. The molecule has 0 spiro atoms. The van der Waals surface area contributed by atoms with E-state index < -0.39 is 0 Å². The van der Waals surface area contributed by atoms with Crippen molar-refractivity contribution in [3.05, 3.63) is 0 Å². The van der Waals surface area contributed by atoms with Crippen LogP contribution in [-0.2, 0) is 0 Å². The molecule has 1 atom stereocenters. The Hall–Kier alpha value is -0.0800. The minimum Gasteiger partial charge on any atom is -0.312 e. The summed E-state index contributed by atoms with van der Waals surface area (Å²) < 4.78 is 0. The fourth-order valence-electron chi connectivity index (χ4n) is 2.36. The number of nitrogens with one attached hydrogen (secondary N) is 1. The standard InChI is InChI=1S/C14H30N2/c1-6-16(13-9-10-13)12(2)8-7-11-15-14(3,4)5/h12-13,15H,6-11H2,1-5H3. The molecular weight excluding hydrogens is 196 g/mol. The molecule has 1 unspecified atom stereocenters. The molecule has 0 radical (unpaired) electrons. The summed E-state index contributed by atoms with van der Waals surface area (Å²) in [4.78, 5) is 2.68. The van der Waals surface area contributed by atoms with Gasteiger partial charge in [-0.05, 0) is 66.5 Å². The van der Waals surface area contributed by atoms with Gasteiger partial charge in [0.05, 0.1) is 0 Å². The quantitative estimate of drug-likeness (QED) is 0.671. The fourth-order valence-corrected chi connectivity index (χ4v) is 2.36. The monoisotopic (exact) mass is 226 g/mol. The summed E-state index contributed by atoms with van der Waals surface area (Å²) >= 11 is 0. The minimum atomic E-state index is 0.268. The molecule has 0 aromatic heterocycles. The Morgan fingerprint density at radius 1 is 1.31 bits per heavy atom. The molecule has 1 rings (SSSR count). The maximum atomic E-state index is 3.56. The van der Waals surface area contributed by atoms with Gasteiger partial charge in [0.15, 0.2) is 0 Å². The van der Waals surface area contributed by atoms with Crippen LogP contribution >= 0.6 is 0 Å². The summed E-state index contributed by atoms with van der Waals surface area (Å²) in [6, 6.07) is 1.68. The van der Waals surface area contributed by atoms with Gasteiger partial charge in [0, 0.05) is 17.6 Å².